The zero-order valence-corrected chi connectivity index (χ0v) is 12.0. The van der Waals surface area contributed by atoms with Gasteiger partial charge in [-0.15, -0.1) is 12.4 Å². The van der Waals surface area contributed by atoms with Gasteiger partial charge in [0, 0.05) is 5.02 Å². The molecule has 7 heteroatoms. The van der Waals surface area contributed by atoms with Crippen LogP contribution in [0.3, 0.4) is 0 Å². The molecule has 0 aliphatic rings. The third-order valence-electron chi connectivity index (χ3n) is 2.51. The van der Waals surface area contributed by atoms with E-state index in [1.54, 1.807) is 6.92 Å². The maximum absolute atomic E-state index is 13.7. The summed E-state index contributed by atoms with van der Waals surface area (Å²) in [5.74, 6) is -5.39. The topological polar surface area (TPSA) is 52.3 Å². The molecule has 1 aromatic rings. The number of benzene rings is 1. The fourth-order valence-corrected chi connectivity index (χ4v) is 1.76. The normalized spacial score (nSPS) is 12.5. The first kappa shape index (κ1) is 18.1. The van der Waals surface area contributed by atoms with Crippen molar-refractivity contribution in [3.63, 3.8) is 0 Å². The summed E-state index contributed by atoms with van der Waals surface area (Å²) in [7, 11) is 0. The molecule has 0 bridgehead atoms. The number of rotatable bonds is 4. The molecular weight excluding hydrogens is 299 g/mol. The first-order valence-electron chi connectivity index (χ1n) is 5.37. The summed E-state index contributed by atoms with van der Waals surface area (Å²) in [6.07, 6.45) is 0. The Labute approximate surface area is 121 Å². The lowest BCUT2D eigenvalue weighted by atomic mass is 9.97. The van der Waals surface area contributed by atoms with Crippen LogP contribution in [0, 0.1) is 6.92 Å². The van der Waals surface area contributed by atoms with Crippen LogP contribution < -0.4 is 5.73 Å². The van der Waals surface area contributed by atoms with Gasteiger partial charge in [0.25, 0.3) is 0 Å². The Morgan fingerprint density at radius 3 is 2.58 bits per heavy atom. The quantitative estimate of drug-likeness (QED) is 0.868. The summed E-state index contributed by atoms with van der Waals surface area (Å²) in [4.78, 5) is 11.2. The van der Waals surface area contributed by atoms with Crippen LogP contribution in [0.15, 0.2) is 18.2 Å². The predicted molar refractivity (Wildman–Crippen MR) is 71.9 cm³/mol. The van der Waals surface area contributed by atoms with Gasteiger partial charge in [-0.25, -0.2) is 4.79 Å². The van der Waals surface area contributed by atoms with Gasteiger partial charge < -0.3 is 10.5 Å². The van der Waals surface area contributed by atoms with Gasteiger partial charge >= 0.3 is 11.9 Å². The molecule has 0 radical (unpaired) electrons. The molecule has 0 heterocycles. The number of esters is 1. The van der Waals surface area contributed by atoms with Gasteiger partial charge in [0.2, 0.25) is 0 Å². The third-order valence-corrected chi connectivity index (χ3v) is 2.74. The molecule has 108 valence electrons. The van der Waals surface area contributed by atoms with Crippen LogP contribution >= 0.6 is 24.0 Å². The number of carbonyl (C=O) groups excluding carboxylic acids is 1. The number of halogens is 4. The fraction of sp³-hybridized carbons (Fsp3) is 0.417. The van der Waals surface area contributed by atoms with E-state index < -0.39 is 17.9 Å². The van der Waals surface area contributed by atoms with Crippen molar-refractivity contribution in [3.05, 3.63) is 34.3 Å². The highest BCUT2D eigenvalue weighted by atomic mass is 35.5. The summed E-state index contributed by atoms with van der Waals surface area (Å²) in [6, 6.07) is 2.59. The number of nitrogens with two attached hydrogens (primary N) is 1. The van der Waals surface area contributed by atoms with Crippen LogP contribution in [0.4, 0.5) is 8.78 Å². The van der Waals surface area contributed by atoms with Crippen molar-refractivity contribution in [1.82, 2.24) is 0 Å². The first-order valence-corrected chi connectivity index (χ1v) is 5.75. The van der Waals surface area contributed by atoms with E-state index >= 15 is 0 Å². The van der Waals surface area contributed by atoms with Crippen LogP contribution in [0.2, 0.25) is 5.02 Å². The Bertz CT molecular complexity index is 455. The lowest BCUT2D eigenvalue weighted by Gasteiger charge is -2.23. The molecule has 0 fully saturated rings. The second-order valence-electron chi connectivity index (χ2n) is 3.82. The largest absolute Gasteiger partial charge is 0.462 e. The van der Waals surface area contributed by atoms with Crippen molar-refractivity contribution < 1.29 is 18.3 Å². The minimum Gasteiger partial charge on any atom is -0.462 e. The van der Waals surface area contributed by atoms with Crippen molar-refractivity contribution in [1.29, 1.82) is 0 Å². The minimum atomic E-state index is -3.77. The number of carbonyl (C=O) groups is 1. The Morgan fingerprint density at radius 1 is 1.53 bits per heavy atom. The number of aryl methyl sites for hydroxylation is 1. The number of hydrogen-bond donors (Lipinski definition) is 1. The molecule has 1 atom stereocenters. The zero-order valence-electron chi connectivity index (χ0n) is 10.5. The molecule has 0 unspecified atom stereocenters. The Morgan fingerprint density at radius 2 is 2.11 bits per heavy atom. The molecule has 0 spiro atoms. The van der Waals surface area contributed by atoms with Gasteiger partial charge in [-0.2, -0.15) is 8.78 Å². The molecule has 0 saturated carbocycles. The van der Waals surface area contributed by atoms with Gasteiger partial charge in [0.05, 0.1) is 6.61 Å². The average Bonchev–Trinajstić information content (AvgIpc) is 2.28. The van der Waals surface area contributed by atoms with Crippen molar-refractivity contribution in [2.75, 3.05) is 6.61 Å². The van der Waals surface area contributed by atoms with Crippen LogP contribution in [-0.4, -0.2) is 18.5 Å². The van der Waals surface area contributed by atoms with Gasteiger partial charge in [-0.1, -0.05) is 17.7 Å². The average molecular weight is 314 g/mol. The minimum absolute atomic E-state index is 0. The van der Waals surface area contributed by atoms with E-state index in [-0.39, 0.29) is 24.6 Å². The molecule has 3 nitrogen and oxygen atoms in total. The Hall–Kier alpha value is -0.910. The maximum atomic E-state index is 13.7. The monoisotopic (exact) mass is 313 g/mol. The highest BCUT2D eigenvalue weighted by Gasteiger charge is 2.48. The molecule has 0 amide bonds. The molecule has 19 heavy (non-hydrogen) atoms. The molecule has 0 aliphatic heterocycles. The molecule has 1 aromatic carbocycles. The third kappa shape index (κ3) is 4.03. The lowest BCUT2D eigenvalue weighted by molar-refractivity contribution is -0.174. The Balaban J connectivity index is 0.00000324. The second kappa shape index (κ2) is 7.03. The fourth-order valence-electron chi connectivity index (χ4n) is 1.54. The molecule has 1 rings (SSSR count). The maximum Gasteiger partial charge on any atom is 0.379 e. The number of hydrogen-bond acceptors (Lipinski definition) is 3. The summed E-state index contributed by atoms with van der Waals surface area (Å²) in [5.41, 5.74) is 6.12. The van der Waals surface area contributed by atoms with E-state index in [1.807, 2.05) is 0 Å². The van der Waals surface area contributed by atoms with Gasteiger partial charge in [0.1, 0.15) is 6.04 Å². The van der Waals surface area contributed by atoms with E-state index in [0.717, 1.165) is 0 Å². The van der Waals surface area contributed by atoms with Gasteiger partial charge in [-0.3, -0.25) is 0 Å². The molecule has 0 aliphatic carbocycles. The van der Waals surface area contributed by atoms with Gasteiger partial charge in [-0.05, 0) is 37.1 Å². The molecule has 0 saturated heterocycles. The van der Waals surface area contributed by atoms with E-state index in [2.05, 4.69) is 4.74 Å². The summed E-state index contributed by atoms with van der Waals surface area (Å²) in [6.45, 7) is 2.93. The van der Waals surface area contributed by atoms with Crippen LogP contribution in [-0.2, 0) is 9.53 Å². The van der Waals surface area contributed by atoms with Crippen molar-refractivity contribution in [2.45, 2.75) is 25.8 Å². The van der Waals surface area contributed by atoms with Crippen molar-refractivity contribution in [2.24, 2.45) is 5.73 Å². The molecule has 2 N–H and O–H groups in total. The first-order chi connectivity index (χ1) is 8.30. The summed E-state index contributed by atoms with van der Waals surface area (Å²) >= 11 is 5.73. The molecular formula is C12H15Cl2F2NO2. The highest BCUT2D eigenvalue weighted by molar-refractivity contribution is 6.30. The second-order valence-corrected chi connectivity index (χ2v) is 4.26. The van der Waals surface area contributed by atoms with E-state index in [4.69, 9.17) is 17.3 Å². The predicted octanol–water partition coefficient (Wildman–Crippen LogP) is 3.27. The number of alkyl halides is 2. The van der Waals surface area contributed by atoms with E-state index in [0.29, 0.717) is 10.6 Å². The highest BCUT2D eigenvalue weighted by Crippen LogP contribution is 2.33. The van der Waals surface area contributed by atoms with E-state index in [1.165, 1.54) is 25.1 Å². The molecule has 0 aromatic heterocycles. The van der Waals surface area contributed by atoms with Crippen LogP contribution in [0.25, 0.3) is 0 Å². The van der Waals surface area contributed by atoms with Crippen LogP contribution in [0.5, 0.6) is 0 Å². The SMILES string of the molecule is CCOC(=O)C(F)(F)[C@@H](N)c1ccc(Cl)cc1C.Cl. The standard InChI is InChI=1S/C12H14ClF2NO2.ClH/c1-3-18-11(17)12(14,15)10(16)9-5-4-8(13)6-7(9)2;/h4-6,10H,3,16H2,1-2H3;1H/t10-;/m0./s1. The lowest BCUT2D eigenvalue weighted by Crippen LogP contribution is -2.42. The summed E-state index contributed by atoms with van der Waals surface area (Å²) < 4.78 is 31.8. The van der Waals surface area contributed by atoms with Crippen molar-refractivity contribution in [3.8, 4) is 0 Å². The van der Waals surface area contributed by atoms with Gasteiger partial charge in [0.15, 0.2) is 0 Å². The van der Waals surface area contributed by atoms with Crippen molar-refractivity contribution >= 4 is 30.0 Å². The zero-order chi connectivity index (χ0) is 13.9. The van der Waals surface area contributed by atoms with E-state index in [9.17, 15) is 13.6 Å². The summed E-state index contributed by atoms with van der Waals surface area (Å²) in [5, 5.41) is 0.419. The van der Waals surface area contributed by atoms with Crippen LogP contribution in [0.1, 0.15) is 24.1 Å². The Kier molecular flexibility index (Phi) is 6.69. The number of ether oxygens (including phenoxy) is 1. The smallest absolute Gasteiger partial charge is 0.379 e.